The van der Waals surface area contributed by atoms with Gasteiger partial charge in [-0.2, -0.15) is 0 Å². The van der Waals surface area contributed by atoms with Crippen LogP contribution in [-0.2, 0) is 7.05 Å². The number of carbonyl (C=O) groups is 1. The molecule has 3 rings (SSSR count). The first kappa shape index (κ1) is 14.4. The molecule has 0 saturated heterocycles. The van der Waals surface area contributed by atoms with Crippen molar-refractivity contribution in [1.29, 1.82) is 0 Å². The molecule has 1 N–H and O–H groups in total. The maximum Gasteiger partial charge on any atom is 0.270 e. The van der Waals surface area contributed by atoms with E-state index >= 15 is 0 Å². The van der Waals surface area contributed by atoms with Gasteiger partial charge in [-0.25, -0.2) is 9.37 Å². The van der Waals surface area contributed by atoms with Gasteiger partial charge >= 0.3 is 0 Å². The van der Waals surface area contributed by atoms with Gasteiger partial charge in [-0.3, -0.25) is 9.59 Å². The number of nitrogens with zero attached hydrogens (tertiary/aromatic N) is 2. The Morgan fingerprint density at radius 3 is 2.64 bits per heavy atom. The van der Waals surface area contributed by atoms with Gasteiger partial charge in [0.1, 0.15) is 11.5 Å². The van der Waals surface area contributed by atoms with Crippen molar-refractivity contribution in [2.45, 2.75) is 24.8 Å². The highest BCUT2D eigenvalue weighted by atomic mass is 19.1. The molecule has 0 radical (unpaired) electrons. The molecule has 1 saturated carbocycles. The molecule has 1 amide bonds. The molecule has 1 fully saturated rings. The van der Waals surface area contributed by atoms with Gasteiger partial charge in [-0.05, 0) is 36.5 Å². The Morgan fingerprint density at radius 1 is 1.32 bits per heavy atom. The zero-order chi connectivity index (χ0) is 15.7. The van der Waals surface area contributed by atoms with Crippen LogP contribution in [0.25, 0.3) is 0 Å². The molecule has 1 aromatic heterocycles. The normalized spacial score (nSPS) is 20.3. The number of amides is 1. The standard InChI is InChI=1S/C16H16FN3O2/c1-20-9-18-14(8-15(20)21)16(22)19-13-6-11(7-13)10-2-4-12(17)5-3-10/h2-5,8-9,11,13H,6-7H2,1H3,(H,19,22). The maximum atomic E-state index is 12.9. The van der Waals surface area contributed by atoms with Gasteiger partial charge in [0.15, 0.2) is 0 Å². The van der Waals surface area contributed by atoms with E-state index < -0.39 is 0 Å². The first-order valence-electron chi connectivity index (χ1n) is 7.12. The Hall–Kier alpha value is -2.50. The first-order chi connectivity index (χ1) is 10.5. The summed E-state index contributed by atoms with van der Waals surface area (Å²) in [5.41, 5.74) is 0.949. The fourth-order valence-corrected chi connectivity index (χ4v) is 2.59. The second-order valence-corrected chi connectivity index (χ2v) is 5.61. The lowest BCUT2D eigenvalue weighted by Gasteiger charge is -2.36. The number of hydrogen-bond donors (Lipinski definition) is 1. The summed E-state index contributed by atoms with van der Waals surface area (Å²) in [6, 6.07) is 7.75. The Bertz CT molecular complexity index is 749. The molecular formula is C16H16FN3O2. The molecule has 1 aliphatic carbocycles. The molecule has 1 heterocycles. The van der Waals surface area contributed by atoms with Crippen molar-refractivity contribution in [1.82, 2.24) is 14.9 Å². The summed E-state index contributed by atoms with van der Waals surface area (Å²) in [6.45, 7) is 0. The molecule has 0 spiro atoms. The highest BCUT2D eigenvalue weighted by molar-refractivity contribution is 5.92. The SMILES string of the molecule is Cn1cnc(C(=O)NC2CC(c3ccc(F)cc3)C2)cc1=O. The van der Waals surface area contributed by atoms with Gasteiger partial charge in [0.25, 0.3) is 11.5 Å². The fourth-order valence-electron chi connectivity index (χ4n) is 2.59. The predicted octanol–water partition coefficient (Wildman–Crippen LogP) is 1.60. The molecule has 2 aromatic rings. The Kier molecular flexibility index (Phi) is 3.75. The number of nitrogens with one attached hydrogen (secondary N) is 1. The molecule has 114 valence electrons. The second kappa shape index (κ2) is 5.71. The fraction of sp³-hybridized carbons (Fsp3) is 0.312. The summed E-state index contributed by atoms with van der Waals surface area (Å²) in [7, 11) is 1.58. The molecule has 6 heteroatoms. The van der Waals surface area contributed by atoms with E-state index in [1.807, 2.05) is 0 Å². The van der Waals surface area contributed by atoms with Crippen LogP contribution in [0, 0.1) is 5.82 Å². The zero-order valence-electron chi connectivity index (χ0n) is 12.1. The molecule has 0 bridgehead atoms. The third-order valence-electron chi connectivity index (χ3n) is 4.03. The Balaban J connectivity index is 1.57. The predicted molar refractivity (Wildman–Crippen MR) is 79.1 cm³/mol. The lowest BCUT2D eigenvalue weighted by Crippen LogP contribution is -2.44. The van der Waals surface area contributed by atoms with E-state index in [1.54, 1.807) is 19.2 Å². The molecule has 0 aliphatic heterocycles. The van der Waals surface area contributed by atoms with Crippen LogP contribution in [0.5, 0.6) is 0 Å². The van der Waals surface area contributed by atoms with E-state index in [-0.39, 0.29) is 29.0 Å². The summed E-state index contributed by atoms with van der Waals surface area (Å²) in [5.74, 6) is -0.243. The van der Waals surface area contributed by atoms with Crippen LogP contribution in [-0.4, -0.2) is 21.5 Å². The summed E-state index contributed by atoms with van der Waals surface area (Å²) in [4.78, 5) is 27.5. The Labute approximate surface area is 126 Å². The summed E-state index contributed by atoms with van der Waals surface area (Å²) in [6.07, 6.45) is 2.95. The van der Waals surface area contributed by atoms with Crippen molar-refractivity contribution in [3.05, 3.63) is 64.1 Å². The van der Waals surface area contributed by atoms with Gasteiger partial charge in [0, 0.05) is 19.2 Å². The number of rotatable bonds is 3. The van der Waals surface area contributed by atoms with E-state index in [0.29, 0.717) is 5.92 Å². The van der Waals surface area contributed by atoms with Gasteiger partial charge in [-0.15, -0.1) is 0 Å². The number of aromatic nitrogens is 2. The minimum atomic E-state index is -0.333. The minimum Gasteiger partial charge on any atom is -0.348 e. The number of benzene rings is 1. The largest absolute Gasteiger partial charge is 0.348 e. The second-order valence-electron chi connectivity index (χ2n) is 5.61. The molecule has 0 unspecified atom stereocenters. The van der Waals surface area contributed by atoms with Gasteiger partial charge < -0.3 is 9.88 Å². The smallest absolute Gasteiger partial charge is 0.270 e. The van der Waals surface area contributed by atoms with Crippen molar-refractivity contribution in [3.63, 3.8) is 0 Å². The highest BCUT2D eigenvalue weighted by Crippen LogP contribution is 2.36. The van der Waals surface area contributed by atoms with Gasteiger partial charge in [0.2, 0.25) is 0 Å². The van der Waals surface area contributed by atoms with Gasteiger partial charge in [0.05, 0.1) is 6.33 Å². The van der Waals surface area contributed by atoms with Crippen LogP contribution in [0.4, 0.5) is 4.39 Å². The molecule has 5 nitrogen and oxygen atoms in total. The molecular weight excluding hydrogens is 285 g/mol. The van der Waals surface area contributed by atoms with E-state index in [0.717, 1.165) is 18.4 Å². The summed E-state index contributed by atoms with van der Waals surface area (Å²) < 4.78 is 14.2. The van der Waals surface area contributed by atoms with Gasteiger partial charge in [-0.1, -0.05) is 12.1 Å². The van der Waals surface area contributed by atoms with E-state index in [2.05, 4.69) is 10.3 Å². The van der Waals surface area contributed by atoms with Crippen molar-refractivity contribution in [3.8, 4) is 0 Å². The average Bonchev–Trinajstić information content (AvgIpc) is 2.46. The van der Waals surface area contributed by atoms with Crippen molar-refractivity contribution >= 4 is 5.91 Å². The topological polar surface area (TPSA) is 64.0 Å². The molecule has 22 heavy (non-hydrogen) atoms. The molecule has 1 aliphatic rings. The van der Waals surface area contributed by atoms with E-state index in [4.69, 9.17) is 0 Å². The molecule has 1 aromatic carbocycles. The van der Waals surface area contributed by atoms with Crippen LogP contribution >= 0.6 is 0 Å². The van der Waals surface area contributed by atoms with E-state index in [9.17, 15) is 14.0 Å². The molecule has 0 atom stereocenters. The number of aryl methyl sites for hydroxylation is 1. The quantitative estimate of drug-likeness (QED) is 0.936. The number of carbonyl (C=O) groups excluding carboxylic acids is 1. The average molecular weight is 301 g/mol. The van der Waals surface area contributed by atoms with Crippen LogP contribution in [0.2, 0.25) is 0 Å². The lowest BCUT2D eigenvalue weighted by atomic mass is 9.76. The highest BCUT2D eigenvalue weighted by Gasteiger charge is 2.31. The summed E-state index contributed by atoms with van der Waals surface area (Å²) in [5, 5.41) is 2.87. The van der Waals surface area contributed by atoms with Crippen molar-refractivity contribution < 1.29 is 9.18 Å². The van der Waals surface area contributed by atoms with Crippen LogP contribution in [0.15, 0.2) is 41.5 Å². The first-order valence-corrected chi connectivity index (χ1v) is 7.12. The number of halogens is 1. The minimum absolute atomic E-state index is 0.0633. The Morgan fingerprint density at radius 2 is 2.00 bits per heavy atom. The third kappa shape index (κ3) is 2.90. The maximum absolute atomic E-state index is 12.9. The van der Waals surface area contributed by atoms with Crippen LogP contribution in [0.1, 0.15) is 34.8 Å². The van der Waals surface area contributed by atoms with Crippen LogP contribution in [0.3, 0.4) is 0 Å². The van der Waals surface area contributed by atoms with E-state index in [1.165, 1.54) is 29.1 Å². The third-order valence-corrected chi connectivity index (χ3v) is 4.03. The number of hydrogen-bond acceptors (Lipinski definition) is 3. The summed E-state index contributed by atoms with van der Waals surface area (Å²) >= 11 is 0. The zero-order valence-corrected chi connectivity index (χ0v) is 12.1. The van der Waals surface area contributed by atoms with Crippen molar-refractivity contribution in [2.24, 2.45) is 7.05 Å². The van der Waals surface area contributed by atoms with Crippen LogP contribution < -0.4 is 10.9 Å². The lowest BCUT2D eigenvalue weighted by molar-refractivity contribution is 0.0903. The van der Waals surface area contributed by atoms with Crippen molar-refractivity contribution in [2.75, 3.05) is 0 Å². The monoisotopic (exact) mass is 301 g/mol.